The molecular formula is C20H17BN4O5S. The molecule has 4 rings (SSSR count). The van der Waals surface area contributed by atoms with E-state index in [1.54, 1.807) is 48.1 Å². The third-order valence-electron chi connectivity index (χ3n) is 4.70. The maximum Gasteiger partial charge on any atom is 0.547 e. The number of aromatic nitrogens is 2. The van der Waals surface area contributed by atoms with Crippen molar-refractivity contribution in [3.63, 3.8) is 0 Å². The molecule has 1 amide bonds. The standard InChI is InChI=1S/C20H17BN4O5S/c22-20-24-15(10-31-20)14(7-11-3-2-6-23-9-11)18(26)25-16-8-12-4-1-5-13(19(27)28)17(12)30-21(16)29/h1-7,9-10,16,29H,8H2,(H2,22,24)(H,25,26)(H,27,28). The molecule has 1 unspecified atom stereocenters. The van der Waals surface area contributed by atoms with Crippen LogP contribution in [-0.4, -0.2) is 45.0 Å². The summed E-state index contributed by atoms with van der Waals surface area (Å²) >= 11 is 1.20. The van der Waals surface area contributed by atoms with E-state index in [1.165, 1.54) is 17.4 Å². The number of nitrogen functional groups attached to an aromatic ring is 1. The monoisotopic (exact) mass is 436 g/mol. The SMILES string of the molecule is Nc1nc(C(=Cc2cccnc2)C(=O)NC2Cc3cccc(C(=O)O)c3OB2O)cs1. The summed E-state index contributed by atoms with van der Waals surface area (Å²) in [5.41, 5.74) is 7.60. The Morgan fingerprint density at radius 3 is 2.84 bits per heavy atom. The van der Waals surface area contributed by atoms with E-state index >= 15 is 0 Å². The highest BCUT2D eigenvalue weighted by Gasteiger charge is 2.38. The van der Waals surface area contributed by atoms with Gasteiger partial charge in [-0.3, -0.25) is 9.78 Å². The van der Waals surface area contributed by atoms with Crippen LogP contribution in [-0.2, 0) is 11.2 Å². The van der Waals surface area contributed by atoms with E-state index in [2.05, 4.69) is 15.3 Å². The molecule has 0 saturated heterocycles. The number of pyridine rings is 1. The maximum atomic E-state index is 13.1. The minimum absolute atomic E-state index is 0.0450. The Morgan fingerprint density at radius 2 is 2.16 bits per heavy atom. The van der Waals surface area contributed by atoms with Gasteiger partial charge in [-0.05, 0) is 35.8 Å². The maximum absolute atomic E-state index is 13.1. The Kier molecular flexibility index (Phi) is 5.69. The van der Waals surface area contributed by atoms with Gasteiger partial charge in [-0.15, -0.1) is 11.3 Å². The first-order valence-corrected chi connectivity index (χ1v) is 10.1. The highest BCUT2D eigenvalue weighted by molar-refractivity contribution is 7.13. The van der Waals surface area contributed by atoms with Gasteiger partial charge in [0.1, 0.15) is 5.75 Å². The average molecular weight is 436 g/mol. The normalized spacial score (nSPS) is 15.7. The summed E-state index contributed by atoms with van der Waals surface area (Å²) in [6.07, 6.45) is 5.05. The molecule has 2 aromatic heterocycles. The molecule has 1 atom stereocenters. The molecule has 1 aromatic carbocycles. The van der Waals surface area contributed by atoms with Crippen molar-refractivity contribution in [2.75, 3.05) is 5.73 Å². The van der Waals surface area contributed by atoms with Crippen molar-refractivity contribution in [2.45, 2.75) is 12.4 Å². The van der Waals surface area contributed by atoms with Gasteiger partial charge in [-0.2, -0.15) is 0 Å². The fourth-order valence-electron chi connectivity index (χ4n) is 3.26. The second-order valence-electron chi connectivity index (χ2n) is 6.81. The van der Waals surface area contributed by atoms with Crippen molar-refractivity contribution in [1.29, 1.82) is 0 Å². The second kappa shape index (κ2) is 8.58. The van der Waals surface area contributed by atoms with Gasteiger partial charge >= 0.3 is 13.1 Å². The summed E-state index contributed by atoms with van der Waals surface area (Å²) in [7, 11) is -1.42. The number of carboxylic acid groups (broad SMARTS) is 1. The van der Waals surface area contributed by atoms with E-state index in [0.29, 0.717) is 22.0 Å². The lowest BCUT2D eigenvalue weighted by atomic mass is 9.72. The second-order valence-corrected chi connectivity index (χ2v) is 7.70. The number of carboxylic acids is 1. The topological polar surface area (TPSA) is 148 Å². The number of aromatic carboxylic acids is 1. The Balaban J connectivity index is 1.61. The smallest absolute Gasteiger partial charge is 0.534 e. The molecule has 156 valence electrons. The number of anilines is 1. The lowest BCUT2D eigenvalue weighted by Gasteiger charge is -2.29. The fourth-order valence-corrected chi connectivity index (χ4v) is 3.82. The highest BCUT2D eigenvalue weighted by atomic mass is 32.1. The van der Waals surface area contributed by atoms with Crippen LogP contribution in [0.3, 0.4) is 0 Å². The Labute approximate surface area is 181 Å². The number of nitrogens with zero attached hydrogens (tertiary/aromatic N) is 2. The number of nitrogens with two attached hydrogens (primary N) is 1. The molecule has 0 fully saturated rings. The van der Waals surface area contributed by atoms with E-state index in [-0.39, 0.29) is 23.3 Å². The summed E-state index contributed by atoms with van der Waals surface area (Å²) < 4.78 is 5.44. The van der Waals surface area contributed by atoms with Gasteiger partial charge in [0.2, 0.25) is 0 Å². The summed E-state index contributed by atoms with van der Waals surface area (Å²) in [4.78, 5) is 32.8. The number of para-hydroxylation sites is 1. The molecule has 11 heteroatoms. The van der Waals surface area contributed by atoms with Crippen molar-refractivity contribution >= 4 is 47.1 Å². The summed E-state index contributed by atoms with van der Waals surface area (Å²) in [5.74, 6) is -2.34. The van der Waals surface area contributed by atoms with Crippen LogP contribution in [0.5, 0.6) is 5.75 Å². The van der Waals surface area contributed by atoms with Gasteiger partial charge in [0.05, 0.1) is 22.8 Å². The van der Waals surface area contributed by atoms with Crippen molar-refractivity contribution in [3.8, 4) is 5.75 Å². The quantitative estimate of drug-likeness (QED) is 0.348. The van der Waals surface area contributed by atoms with Crippen LogP contribution in [0.15, 0.2) is 48.1 Å². The van der Waals surface area contributed by atoms with Gasteiger partial charge in [-0.25, -0.2) is 9.78 Å². The molecule has 31 heavy (non-hydrogen) atoms. The van der Waals surface area contributed by atoms with Gasteiger partial charge in [0, 0.05) is 17.8 Å². The van der Waals surface area contributed by atoms with Crippen molar-refractivity contribution < 1.29 is 24.4 Å². The van der Waals surface area contributed by atoms with Crippen LogP contribution in [0.4, 0.5) is 5.13 Å². The van der Waals surface area contributed by atoms with Gasteiger partial charge in [-0.1, -0.05) is 18.2 Å². The molecule has 1 aliphatic rings. The molecule has 0 saturated carbocycles. The average Bonchev–Trinajstić information content (AvgIpc) is 3.18. The van der Waals surface area contributed by atoms with Crippen LogP contribution in [0, 0.1) is 0 Å². The number of rotatable bonds is 5. The van der Waals surface area contributed by atoms with E-state index in [4.69, 9.17) is 10.4 Å². The zero-order valence-corrected chi connectivity index (χ0v) is 16.9. The predicted molar refractivity (Wildman–Crippen MR) is 116 cm³/mol. The highest BCUT2D eigenvalue weighted by Crippen LogP contribution is 2.30. The van der Waals surface area contributed by atoms with E-state index in [9.17, 15) is 19.7 Å². The molecule has 1 aliphatic heterocycles. The first kappa shape index (κ1) is 20.6. The van der Waals surface area contributed by atoms with Crippen molar-refractivity contribution in [1.82, 2.24) is 15.3 Å². The zero-order valence-electron chi connectivity index (χ0n) is 16.1. The minimum atomic E-state index is -1.42. The van der Waals surface area contributed by atoms with Gasteiger partial charge in [0.15, 0.2) is 5.13 Å². The summed E-state index contributed by atoms with van der Waals surface area (Å²) in [5, 5.41) is 24.5. The number of thiazole rings is 1. The first-order valence-electron chi connectivity index (χ1n) is 9.26. The third kappa shape index (κ3) is 4.42. The Morgan fingerprint density at radius 1 is 1.32 bits per heavy atom. The molecule has 0 spiro atoms. The van der Waals surface area contributed by atoms with Crippen LogP contribution < -0.4 is 15.7 Å². The number of benzene rings is 1. The number of nitrogens with one attached hydrogen (secondary N) is 1. The van der Waals surface area contributed by atoms with Gasteiger partial charge in [0.25, 0.3) is 5.91 Å². The molecule has 0 radical (unpaired) electrons. The number of carbonyl (C=O) groups is 2. The number of fused-ring (bicyclic) bond motifs is 1. The lowest BCUT2D eigenvalue weighted by Crippen LogP contribution is -2.53. The number of hydrogen-bond acceptors (Lipinski definition) is 8. The number of carbonyl (C=O) groups excluding carboxylic acids is 1. The largest absolute Gasteiger partial charge is 0.547 e. The van der Waals surface area contributed by atoms with Crippen LogP contribution in [0.25, 0.3) is 11.6 Å². The number of amides is 1. The van der Waals surface area contributed by atoms with Crippen LogP contribution in [0.2, 0.25) is 0 Å². The fraction of sp³-hybridized carbons (Fsp3) is 0.100. The van der Waals surface area contributed by atoms with Crippen molar-refractivity contribution in [3.05, 3.63) is 70.5 Å². The first-order chi connectivity index (χ1) is 14.9. The third-order valence-corrected chi connectivity index (χ3v) is 5.38. The van der Waals surface area contributed by atoms with E-state index in [0.717, 1.165) is 0 Å². The van der Waals surface area contributed by atoms with Crippen LogP contribution in [0.1, 0.15) is 27.2 Å². The van der Waals surface area contributed by atoms with Gasteiger partial charge < -0.3 is 25.8 Å². The molecule has 5 N–H and O–H groups in total. The predicted octanol–water partition coefficient (Wildman–Crippen LogP) is 1.50. The van der Waals surface area contributed by atoms with Crippen molar-refractivity contribution in [2.24, 2.45) is 0 Å². The van der Waals surface area contributed by atoms with E-state index in [1.807, 2.05) is 0 Å². The summed E-state index contributed by atoms with van der Waals surface area (Å²) in [6, 6.07) is 8.22. The summed E-state index contributed by atoms with van der Waals surface area (Å²) in [6.45, 7) is 0. The number of hydrogen-bond donors (Lipinski definition) is 4. The lowest BCUT2D eigenvalue weighted by molar-refractivity contribution is -0.116. The minimum Gasteiger partial charge on any atom is -0.534 e. The molecule has 0 aliphatic carbocycles. The van der Waals surface area contributed by atoms with Crippen LogP contribution >= 0.6 is 11.3 Å². The zero-order chi connectivity index (χ0) is 22.0. The Hall–Kier alpha value is -3.70. The molecule has 0 bridgehead atoms. The molecule has 3 heterocycles. The van der Waals surface area contributed by atoms with E-state index < -0.39 is 24.9 Å². The molecule has 3 aromatic rings. The Bertz CT molecular complexity index is 1170. The molecule has 9 nitrogen and oxygen atoms in total. The molecular weight excluding hydrogens is 419 g/mol.